The maximum absolute atomic E-state index is 12.0. The standard InChI is InChI=1S/C17H19NO5/c1-21-15(19)12-9-11-3-4-17(5-7-18-8-6-17)23-14(11)10-13(12)16(20)22-2/h3-4,9-10,18H,5-8H2,1-2H3. The van der Waals surface area contributed by atoms with Crippen LogP contribution in [0.25, 0.3) is 6.08 Å². The maximum atomic E-state index is 12.0. The Kier molecular flexibility index (Phi) is 4.09. The molecule has 0 radical (unpaired) electrons. The Hall–Kier alpha value is -2.34. The summed E-state index contributed by atoms with van der Waals surface area (Å²) in [7, 11) is 2.55. The van der Waals surface area contributed by atoms with Crippen LogP contribution in [-0.2, 0) is 9.47 Å². The molecule has 0 aromatic heterocycles. The number of hydrogen-bond acceptors (Lipinski definition) is 6. The lowest BCUT2D eigenvalue weighted by molar-refractivity contribution is 0.0551. The smallest absolute Gasteiger partial charge is 0.338 e. The Morgan fingerprint density at radius 2 is 1.70 bits per heavy atom. The summed E-state index contributed by atoms with van der Waals surface area (Å²) in [6, 6.07) is 3.18. The van der Waals surface area contributed by atoms with Gasteiger partial charge in [0.2, 0.25) is 0 Å². The molecule has 0 saturated carbocycles. The van der Waals surface area contributed by atoms with Crippen LogP contribution >= 0.6 is 0 Å². The minimum Gasteiger partial charge on any atom is -0.482 e. The third kappa shape index (κ3) is 2.82. The molecular formula is C17H19NO5. The number of methoxy groups -OCH3 is 2. The second-order valence-electron chi connectivity index (χ2n) is 5.67. The van der Waals surface area contributed by atoms with E-state index in [9.17, 15) is 9.59 Å². The first kappa shape index (κ1) is 15.6. The van der Waals surface area contributed by atoms with Crippen LogP contribution in [-0.4, -0.2) is 44.8 Å². The van der Waals surface area contributed by atoms with Crippen molar-refractivity contribution in [2.75, 3.05) is 27.3 Å². The van der Waals surface area contributed by atoms with E-state index in [2.05, 4.69) is 5.32 Å². The molecule has 2 aliphatic heterocycles. The highest BCUT2D eigenvalue weighted by Gasteiger charge is 2.35. The van der Waals surface area contributed by atoms with Crippen LogP contribution in [0, 0.1) is 0 Å². The van der Waals surface area contributed by atoms with E-state index in [0.29, 0.717) is 5.75 Å². The van der Waals surface area contributed by atoms with Crippen LogP contribution in [0.1, 0.15) is 39.1 Å². The van der Waals surface area contributed by atoms with Crippen molar-refractivity contribution in [3.8, 4) is 5.75 Å². The summed E-state index contributed by atoms with van der Waals surface area (Å²) in [4.78, 5) is 23.9. The molecule has 0 atom stereocenters. The van der Waals surface area contributed by atoms with Gasteiger partial charge >= 0.3 is 11.9 Å². The van der Waals surface area contributed by atoms with Gasteiger partial charge in [-0.2, -0.15) is 0 Å². The van der Waals surface area contributed by atoms with Gasteiger partial charge in [0.25, 0.3) is 0 Å². The highest BCUT2D eigenvalue weighted by Crippen LogP contribution is 2.37. The molecule has 6 nitrogen and oxygen atoms in total. The highest BCUT2D eigenvalue weighted by molar-refractivity contribution is 6.04. The summed E-state index contributed by atoms with van der Waals surface area (Å²) in [6.45, 7) is 1.76. The zero-order chi connectivity index (χ0) is 16.4. The molecule has 1 aromatic rings. The van der Waals surface area contributed by atoms with Crippen molar-refractivity contribution in [1.29, 1.82) is 0 Å². The molecule has 1 spiro atoms. The van der Waals surface area contributed by atoms with Gasteiger partial charge in [-0.25, -0.2) is 9.59 Å². The maximum Gasteiger partial charge on any atom is 0.338 e. The Balaban J connectivity index is 2.04. The van der Waals surface area contributed by atoms with E-state index in [1.165, 1.54) is 14.2 Å². The minimum absolute atomic E-state index is 0.150. The molecule has 1 fully saturated rings. The van der Waals surface area contributed by atoms with Crippen LogP contribution < -0.4 is 10.1 Å². The zero-order valence-electron chi connectivity index (χ0n) is 13.2. The number of fused-ring (bicyclic) bond motifs is 1. The normalized spacial score (nSPS) is 18.0. The molecule has 0 unspecified atom stereocenters. The summed E-state index contributed by atoms with van der Waals surface area (Å²) in [5, 5.41) is 3.30. The number of carbonyl (C=O) groups is 2. The van der Waals surface area contributed by atoms with Crippen LogP contribution in [0.15, 0.2) is 18.2 Å². The van der Waals surface area contributed by atoms with Gasteiger partial charge in [-0.05, 0) is 31.3 Å². The molecule has 1 saturated heterocycles. The van der Waals surface area contributed by atoms with Crippen molar-refractivity contribution in [2.24, 2.45) is 0 Å². The number of ether oxygens (including phenoxy) is 3. The summed E-state index contributed by atoms with van der Waals surface area (Å²) < 4.78 is 15.7. The van der Waals surface area contributed by atoms with E-state index >= 15 is 0 Å². The fourth-order valence-electron chi connectivity index (χ4n) is 2.99. The molecule has 2 aliphatic rings. The van der Waals surface area contributed by atoms with Crippen molar-refractivity contribution < 1.29 is 23.8 Å². The molecule has 23 heavy (non-hydrogen) atoms. The van der Waals surface area contributed by atoms with Crippen molar-refractivity contribution in [3.05, 3.63) is 34.9 Å². The van der Waals surface area contributed by atoms with Crippen molar-refractivity contribution in [2.45, 2.75) is 18.4 Å². The van der Waals surface area contributed by atoms with E-state index in [4.69, 9.17) is 14.2 Å². The molecule has 2 heterocycles. The van der Waals surface area contributed by atoms with Crippen LogP contribution in [0.3, 0.4) is 0 Å². The Morgan fingerprint density at radius 1 is 1.09 bits per heavy atom. The third-order valence-corrected chi connectivity index (χ3v) is 4.29. The largest absolute Gasteiger partial charge is 0.482 e. The van der Waals surface area contributed by atoms with Gasteiger partial charge in [0.1, 0.15) is 11.4 Å². The van der Waals surface area contributed by atoms with Gasteiger partial charge in [0, 0.05) is 18.4 Å². The first-order chi connectivity index (χ1) is 11.1. The Morgan fingerprint density at radius 3 is 2.30 bits per heavy atom. The topological polar surface area (TPSA) is 73.9 Å². The van der Waals surface area contributed by atoms with Crippen LogP contribution in [0.5, 0.6) is 5.75 Å². The highest BCUT2D eigenvalue weighted by atomic mass is 16.5. The van der Waals surface area contributed by atoms with Crippen molar-refractivity contribution in [1.82, 2.24) is 5.32 Å². The summed E-state index contributed by atoms with van der Waals surface area (Å²) in [5.41, 5.74) is 0.727. The van der Waals surface area contributed by atoms with Crippen molar-refractivity contribution in [3.63, 3.8) is 0 Å². The van der Waals surface area contributed by atoms with Gasteiger partial charge in [0.05, 0.1) is 25.3 Å². The quantitative estimate of drug-likeness (QED) is 0.838. The summed E-state index contributed by atoms with van der Waals surface area (Å²) in [6.07, 6.45) is 5.69. The number of piperidine rings is 1. The molecule has 122 valence electrons. The molecular weight excluding hydrogens is 298 g/mol. The Bertz CT molecular complexity index is 674. The van der Waals surface area contributed by atoms with Gasteiger partial charge in [-0.1, -0.05) is 6.08 Å². The lowest BCUT2D eigenvalue weighted by Gasteiger charge is -2.38. The fraction of sp³-hybridized carbons (Fsp3) is 0.412. The van der Waals surface area contributed by atoms with E-state index in [1.54, 1.807) is 12.1 Å². The fourth-order valence-corrected chi connectivity index (χ4v) is 2.99. The second-order valence-corrected chi connectivity index (χ2v) is 5.67. The van der Waals surface area contributed by atoms with E-state index in [-0.39, 0.29) is 16.7 Å². The Labute approximate surface area is 134 Å². The number of esters is 2. The predicted molar refractivity (Wildman–Crippen MR) is 83.6 cm³/mol. The number of hydrogen-bond donors (Lipinski definition) is 1. The van der Waals surface area contributed by atoms with E-state index in [1.807, 2.05) is 12.2 Å². The van der Waals surface area contributed by atoms with Crippen LogP contribution in [0.4, 0.5) is 0 Å². The molecule has 1 N–H and O–H groups in total. The van der Waals surface area contributed by atoms with Gasteiger partial charge < -0.3 is 19.5 Å². The lowest BCUT2D eigenvalue weighted by Crippen LogP contribution is -2.45. The third-order valence-electron chi connectivity index (χ3n) is 4.29. The lowest BCUT2D eigenvalue weighted by atomic mass is 9.88. The van der Waals surface area contributed by atoms with Crippen LogP contribution in [0.2, 0.25) is 0 Å². The number of rotatable bonds is 2. The average Bonchev–Trinajstić information content (AvgIpc) is 2.60. The molecule has 0 aliphatic carbocycles. The average molecular weight is 317 g/mol. The summed E-state index contributed by atoms with van der Waals surface area (Å²) in [5.74, 6) is -0.586. The first-order valence-corrected chi connectivity index (χ1v) is 7.52. The van der Waals surface area contributed by atoms with E-state index in [0.717, 1.165) is 31.5 Å². The van der Waals surface area contributed by atoms with Gasteiger partial charge in [0.15, 0.2) is 0 Å². The number of benzene rings is 1. The zero-order valence-corrected chi connectivity index (χ0v) is 13.2. The molecule has 1 aromatic carbocycles. The number of carbonyl (C=O) groups excluding carboxylic acids is 2. The SMILES string of the molecule is COC(=O)c1cc2c(cc1C(=O)OC)OC1(C=C2)CCNCC1. The van der Waals surface area contributed by atoms with Crippen molar-refractivity contribution >= 4 is 18.0 Å². The molecule has 0 amide bonds. The summed E-state index contributed by atoms with van der Waals surface area (Å²) >= 11 is 0. The molecule has 0 bridgehead atoms. The molecule has 3 rings (SSSR count). The predicted octanol–water partition coefficient (Wildman–Crippen LogP) is 1.79. The second kappa shape index (κ2) is 6.04. The minimum atomic E-state index is -0.592. The number of nitrogens with one attached hydrogen (secondary N) is 1. The van der Waals surface area contributed by atoms with E-state index < -0.39 is 11.9 Å². The van der Waals surface area contributed by atoms with Gasteiger partial charge in [-0.3, -0.25) is 0 Å². The molecule has 6 heteroatoms. The monoisotopic (exact) mass is 317 g/mol. The first-order valence-electron chi connectivity index (χ1n) is 7.52. The van der Waals surface area contributed by atoms with Gasteiger partial charge in [-0.15, -0.1) is 0 Å².